The third-order valence-corrected chi connectivity index (χ3v) is 1.69. The van der Waals surface area contributed by atoms with Gasteiger partial charge in [-0.2, -0.15) is 4.99 Å². The molecule has 0 aliphatic carbocycles. The summed E-state index contributed by atoms with van der Waals surface area (Å²) in [7, 11) is 1.53. The number of aldehydes is 1. The Hall–Kier alpha value is -2.17. The van der Waals surface area contributed by atoms with E-state index in [1.54, 1.807) is 24.3 Å². The van der Waals surface area contributed by atoms with Crippen molar-refractivity contribution >= 4 is 18.0 Å². The molecule has 15 heavy (non-hydrogen) atoms. The molecular formula is C10H10N2O3. The van der Waals surface area contributed by atoms with Crippen molar-refractivity contribution in [3.8, 4) is 5.75 Å². The molecule has 0 radical (unpaired) electrons. The van der Waals surface area contributed by atoms with E-state index in [1.165, 1.54) is 7.11 Å². The molecule has 0 spiro atoms. The maximum Gasteiger partial charge on any atom is 0.279 e. The van der Waals surface area contributed by atoms with Crippen LogP contribution in [0, 0.1) is 0 Å². The molecule has 0 atom stereocenters. The Kier molecular flexibility index (Phi) is 3.56. The van der Waals surface area contributed by atoms with Crippen LogP contribution < -0.4 is 10.5 Å². The molecule has 0 aliphatic rings. The largest absolute Gasteiger partial charge is 0.497 e. The zero-order valence-corrected chi connectivity index (χ0v) is 8.14. The predicted molar refractivity (Wildman–Crippen MR) is 55.0 cm³/mol. The molecule has 0 saturated carbocycles. The summed E-state index contributed by atoms with van der Waals surface area (Å²) >= 11 is 0. The van der Waals surface area contributed by atoms with Crippen LogP contribution >= 0.6 is 0 Å². The van der Waals surface area contributed by atoms with Crippen LogP contribution in [0.15, 0.2) is 29.3 Å². The Morgan fingerprint density at radius 1 is 1.40 bits per heavy atom. The first kappa shape index (κ1) is 10.9. The first-order valence-electron chi connectivity index (χ1n) is 4.15. The lowest BCUT2D eigenvalue weighted by molar-refractivity contribution is -0.102. The van der Waals surface area contributed by atoms with Crippen molar-refractivity contribution in [2.45, 2.75) is 0 Å². The van der Waals surface area contributed by atoms with Crippen molar-refractivity contribution in [1.29, 1.82) is 0 Å². The van der Waals surface area contributed by atoms with Crippen LogP contribution in [0.3, 0.4) is 0 Å². The Labute approximate surface area is 86.6 Å². The van der Waals surface area contributed by atoms with Gasteiger partial charge in [-0.15, -0.1) is 0 Å². The average Bonchev–Trinajstić information content (AvgIpc) is 2.29. The van der Waals surface area contributed by atoms with Gasteiger partial charge in [-0.3, -0.25) is 9.59 Å². The van der Waals surface area contributed by atoms with E-state index < -0.39 is 5.91 Å². The van der Waals surface area contributed by atoms with Crippen molar-refractivity contribution in [2.75, 3.05) is 7.11 Å². The number of benzene rings is 1. The van der Waals surface area contributed by atoms with Gasteiger partial charge in [0.05, 0.1) is 7.11 Å². The molecule has 5 nitrogen and oxygen atoms in total. The smallest absolute Gasteiger partial charge is 0.279 e. The monoisotopic (exact) mass is 206 g/mol. The van der Waals surface area contributed by atoms with E-state index in [1.807, 2.05) is 0 Å². The maximum atomic E-state index is 11.3. The quantitative estimate of drug-likeness (QED) is 0.440. The lowest BCUT2D eigenvalue weighted by Gasteiger charge is -1.99. The number of amidine groups is 1. The molecule has 0 aromatic heterocycles. The maximum absolute atomic E-state index is 11.3. The normalized spacial score (nSPS) is 10.9. The highest BCUT2D eigenvalue weighted by Gasteiger charge is 2.04. The van der Waals surface area contributed by atoms with Gasteiger partial charge in [-0.05, 0) is 24.3 Å². The number of carbonyl (C=O) groups excluding carboxylic acids is 2. The molecule has 0 bridgehead atoms. The van der Waals surface area contributed by atoms with E-state index in [4.69, 9.17) is 10.5 Å². The van der Waals surface area contributed by atoms with Gasteiger partial charge in [0, 0.05) is 5.56 Å². The standard InChI is InChI=1S/C10H10N2O3/c1-15-8-4-2-7(3-5-8)10(14)12-9(11)6-13/h2-6H,1H3,(H2,11,12,14). The Morgan fingerprint density at radius 3 is 2.47 bits per heavy atom. The second-order valence-corrected chi connectivity index (χ2v) is 2.69. The van der Waals surface area contributed by atoms with Gasteiger partial charge in [-0.1, -0.05) is 0 Å². The predicted octanol–water partition coefficient (Wildman–Crippen LogP) is 0.391. The van der Waals surface area contributed by atoms with Gasteiger partial charge < -0.3 is 10.5 Å². The topological polar surface area (TPSA) is 81.8 Å². The van der Waals surface area contributed by atoms with Gasteiger partial charge >= 0.3 is 0 Å². The second kappa shape index (κ2) is 4.90. The summed E-state index contributed by atoms with van der Waals surface area (Å²) in [5.74, 6) is -0.253. The van der Waals surface area contributed by atoms with Crippen LogP contribution in [0.4, 0.5) is 0 Å². The summed E-state index contributed by atoms with van der Waals surface area (Å²) in [6.07, 6.45) is 0.321. The number of nitrogens with zero attached hydrogens (tertiary/aromatic N) is 1. The third kappa shape index (κ3) is 2.91. The van der Waals surface area contributed by atoms with Crippen LogP contribution in [0.1, 0.15) is 10.4 Å². The number of carbonyl (C=O) groups is 2. The summed E-state index contributed by atoms with van der Waals surface area (Å²) in [6, 6.07) is 6.34. The molecule has 1 rings (SSSR count). The van der Waals surface area contributed by atoms with Crippen LogP contribution in [0.5, 0.6) is 5.75 Å². The van der Waals surface area contributed by atoms with E-state index in [9.17, 15) is 9.59 Å². The van der Waals surface area contributed by atoms with Gasteiger partial charge in [-0.25, -0.2) is 0 Å². The van der Waals surface area contributed by atoms with E-state index in [-0.39, 0.29) is 5.84 Å². The van der Waals surface area contributed by atoms with Crippen LogP contribution in [-0.2, 0) is 4.79 Å². The first-order valence-corrected chi connectivity index (χ1v) is 4.15. The minimum Gasteiger partial charge on any atom is -0.497 e. The van der Waals surface area contributed by atoms with E-state index in [2.05, 4.69) is 4.99 Å². The molecule has 0 fully saturated rings. The molecule has 0 unspecified atom stereocenters. The minimum atomic E-state index is -0.553. The fraction of sp³-hybridized carbons (Fsp3) is 0.100. The highest BCUT2D eigenvalue weighted by molar-refractivity contribution is 6.29. The fourth-order valence-corrected chi connectivity index (χ4v) is 0.942. The first-order chi connectivity index (χ1) is 7.17. The lowest BCUT2D eigenvalue weighted by atomic mass is 10.2. The summed E-state index contributed by atoms with van der Waals surface area (Å²) < 4.78 is 4.92. The van der Waals surface area contributed by atoms with Crippen molar-refractivity contribution < 1.29 is 14.3 Å². The summed E-state index contributed by atoms with van der Waals surface area (Å²) in [5.41, 5.74) is 5.45. The van der Waals surface area contributed by atoms with Gasteiger partial charge in [0.2, 0.25) is 0 Å². The number of aliphatic imine (C=N–C) groups is 1. The van der Waals surface area contributed by atoms with Gasteiger partial charge in [0.1, 0.15) is 5.75 Å². The summed E-state index contributed by atoms with van der Waals surface area (Å²) in [4.78, 5) is 24.9. The van der Waals surface area contributed by atoms with Crippen LogP contribution in [-0.4, -0.2) is 25.1 Å². The Balaban J connectivity index is 2.88. The molecule has 1 amide bonds. The van der Waals surface area contributed by atoms with Gasteiger partial charge in [0.15, 0.2) is 12.1 Å². The highest BCUT2D eigenvalue weighted by Crippen LogP contribution is 2.11. The molecule has 0 heterocycles. The van der Waals surface area contributed by atoms with Crippen LogP contribution in [0.2, 0.25) is 0 Å². The SMILES string of the molecule is COc1ccc(C(=O)N=C(N)C=O)cc1. The van der Waals surface area contributed by atoms with Crippen molar-refractivity contribution in [2.24, 2.45) is 10.7 Å². The molecule has 0 aliphatic heterocycles. The van der Waals surface area contributed by atoms with E-state index >= 15 is 0 Å². The molecule has 2 N–H and O–H groups in total. The molecule has 1 aromatic carbocycles. The molecule has 5 heteroatoms. The van der Waals surface area contributed by atoms with E-state index in [0.29, 0.717) is 17.6 Å². The molecular weight excluding hydrogens is 196 g/mol. The van der Waals surface area contributed by atoms with E-state index in [0.717, 1.165) is 0 Å². The minimum absolute atomic E-state index is 0.321. The Morgan fingerprint density at radius 2 is 2.00 bits per heavy atom. The number of hydrogen-bond donors (Lipinski definition) is 1. The number of methoxy groups -OCH3 is 1. The molecule has 1 aromatic rings. The zero-order valence-electron chi connectivity index (χ0n) is 8.14. The summed E-state index contributed by atoms with van der Waals surface area (Å²) in [6.45, 7) is 0. The number of ether oxygens (including phenoxy) is 1. The van der Waals surface area contributed by atoms with Crippen molar-refractivity contribution in [3.63, 3.8) is 0 Å². The molecule has 0 saturated heterocycles. The third-order valence-electron chi connectivity index (χ3n) is 1.69. The summed E-state index contributed by atoms with van der Waals surface area (Å²) in [5, 5.41) is 0. The number of amides is 1. The fourth-order valence-electron chi connectivity index (χ4n) is 0.942. The number of rotatable bonds is 3. The molecule has 78 valence electrons. The lowest BCUT2D eigenvalue weighted by Crippen LogP contribution is -2.15. The van der Waals surface area contributed by atoms with Crippen molar-refractivity contribution in [3.05, 3.63) is 29.8 Å². The number of nitrogens with two attached hydrogens (primary N) is 1. The van der Waals surface area contributed by atoms with Crippen LogP contribution in [0.25, 0.3) is 0 Å². The number of hydrogen-bond acceptors (Lipinski definition) is 3. The average molecular weight is 206 g/mol. The van der Waals surface area contributed by atoms with Crippen molar-refractivity contribution in [1.82, 2.24) is 0 Å². The van der Waals surface area contributed by atoms with Gasteiger partial charge in [0.25, 0.3) is 5.91 Å². The Bertz CT molecular complexity index is 396. The zero-order chi connectivity index (χ0) is 11.3. The highest BCUT2D eigenvalue weighted by atomic mass is 16.5. The second-order valence-electron chi connectivity index (χ2n) is 2.69.